The molecule has 0 aromatic heterocycles. The molecular formula is C18H20N2O. The molecule has 1 aliphatic heterocycles. The first-order valence-electron chi connectivity index (χ1n) is 7.62. The van der Waals surface area contributed by atoms with E-state index in [2.05, 4.69) is 47.9 Å². The molecule has 3 heteroatoms. The summed E-state index contributed by atoms with van der Waals surface area (Å²) < 4.78 is 6.10. The minimum absolute atomic E-state index is 0.145. The van der Waals surface area contributed by atoms with Gasteiger partial charge in [-0.25, -0.2) is 0 Å². The fourth-order valence-electron chi connectivity index (χ4n) is 3.61. The molecule has 0 bridgehead atoms. The number of rotatable bonds is 4. The SMILES string of the molecule is NNC(C1Cc2ccccc2O1)C1CC1c1ccccc1. The van der Waals surface area contributed by atoms with Crippen LogP contribution in [0.2, 0.25) is 0 Å². The number of ether oxygens (including phenoxy) is 1. The molecule has 0 saturated heterocycles. The van der Waals surface area contributed by atoms with E-state index < -0.39 is 0 Å². The smallest absolute Gasteiger partial charge is 0.123 e. The maximum absolute atomic E-state index is 6.10. The first-order chi connectivity index (χ1) is 10.4. The van der Waals surface area contributed by atoms with Crippen molar-refractivity contribution in [2.24, 2.45) is 11.8 Å². The summed E-state index contributed by atoms with van der Waals surface area (Å²) in [7, 11) is 0. The molecule has 108 valence electrons. The summed E-state index contributed by atoms with van der Waals surface area (Å²) in [4.78, 5) is 0. The summed E-state index contributed by atoms with van der Waals surface area (Å²) in [5.74, 6) is 8.03. The normalized spacial score (nSPS) is 27.8. The predicted molar refractivity (Wildman–Crippen MR) is 83.0 cm³/mol. The van der Waals surface area contributed by atoms with Gasteiger partial charge in [-0.15, -0.1) is 0 Å². The van der Waals surface area contributed by atoms with Crippen LogP contribution in [0, 0.1) is 5.92 Å². The zero-order chi connectivity index (χ0) is 14.2. The number of fused-ring (bicyclic) bond motifs is 1. The lowest BCUT2D eigenvalue weighted by molar-refractivity contribution is 0.164. The van der Waals surface area contributed by atoms with E-state index in [9.17, 15) is 0 Å². The molecule has 3 N–H and O–H groups in total. The van der Waals surface area contributed by atoms with Gasteiger partial charge in [0.2, 0.25) is 0 Å². The van der Waals surface area contributed by atoms with E-state index in [1.54, 1.807) is 0 Å². The second-order valence-corrected chi connectivity index (χ2v) is 6.08. The minimum Gasteiger partial charge on any atom is -0.488 e. The lowest BCUT2D eigenvalue weighted by Crippen LogP contribution is -2.47. The van der Waals surface area contributed by atoms with Crippen molar-refractivity contribution in [3.8, 4) is 5.75 Å². The number of nitrogens with one attached hydrogen (secondary N) is 1. The summed E-state index contributed by atoms with van der Waals surface area (Å²) in [6.45, 7) is 0. The highest BCUT2D eigenvalue weighted by Gasteiger charge is 2.48. The Morgan fingerprint density at radius 1 is 1.05 bits per heavy atom. The lowest BCUT2D eigenvalue weighted by atomic mass is 9.98. The lowest BCUT2D eigenvalue weighted by Gasteiger charge is -2.23. The number of hydrazine groups is 1. The van der Waals surface area contributed by atoms with E-state index in [4.69, 9.17) is 10.6 Å². The van der Waals surface area contributed by atoms with Gasteiger partial charge >= 0.3 is 0 Å². The van der Waals surface area contributed by atoms with Crippen molar-refractivity contribution in [2.45, 2.75) is 30.9 Å². The van der Waals surface area contributed by atoms with Crippen LogP contribution in [-0.4, -0.2) is 12.1 Å². The molecule has 4 rings (SSSR count). The van der Waals surface area contributed by atoms with Gasteiger partial charge < -0.3 is 4.74 Å². The zero-order valence-electron chi connectivity index (χ0n) is 11.9. The van der Waals surface area contributed by atoms with Crippen LogP contribution in [0.5, 0.6) is 5.75 Å². The van der Waals surface area contributed by atoms with Crippen LogP contribution in [-0.2, 0) is 6.42 Å². The van der Waals surface area contributed by atoms with Crippen LogP contribution in [0.1, 0.15) is 23.5 Å². The maximum Gasteiger partial charge on any atom is 0.123 e. The predicted octanol–water partition coefficient (Wildman–Crippen LogP) is 2.63. The Morgan fingerprint density at radius 3 is 2.57 bits per heavy atom. The molecule has 21 heavy (non-hydrogen) atoms. The number of hydrogen-bond donors (Lipinski definition) is 2. The molecule has 1 heterocycles. The molecule has 1 fully saturated rings. The number of nitrogens with two attached hydrogens (primary N) is 1. The average Bonchev–Trinajstić information content (AvgIpc) is 3.20. The van der Waals surface area contributed by atoms with Crippen molar-refractivity contribution < 1.29 is 4.74 Å². The second kappa shape index (κ2) is 5.17. The largest absolute Gasteiger partial charge is 0.488 e. The molecule has 0 radical (unpaired) electrons. The van der Waals surface area contributed by atoms with Gasteiger partial charge in [0.15, 0.2) is 0 Å². The van der Waals surface area contributed by atoms with Gasteiger partial charge in [-0.2, -0.15) is 0 Å². The van der Waals surface area contributed by atoms with Crippen LogP contribution < -0.4 is 16.0 Å². The summed E-state index contributed by atoms with van der Waals surface area (Å²) >= 11 is 0. The van der Waals surface area contributed by atoms with E-state index >= 15 is 0 Å². The molecule has 0 amide bonds. The average molecular weight is 280 g/mol. The monoisotopic (exact) mass is 280 g/mol. The third-order valence-corrected chi connectivity index (χ3v) is 4.79. The Bertz CT molecular complexity index is 603. The van der Waals surface area contributed by atoms with Crippen molar-refractivity contribution in [3.63, 3.8) is 0 Å². The minimum atomic E-state index is 0.145. The Hall–Kier alpha value is -1.84. The summed E-state index contributed by atoms with van der Waals surface area (Å²) in [5.41, 5.74) is 5.72. The molecule has 0 spiro atoms. The number of benzene rings is 2. The fraction of sp³-hybridized carbons (Fsp3) is 0.333. The van der Waals surface area contributed by atoms with E-state index in [0.29, 0.717) is 11.8 Å². The molecule has 4 unspecified atom stereocenters. The molecule has 2 aromatic rings. The Kier molecular flexibility index (Phi) is 3.17. The van der Waals surface area contributed by atoms with E-state index in [1.807, 2.05) is 12.1 Å². The van der Waals surface area contributed by atoms with E-state index in [1.165, 1.54) is 17.5 Å². The standard InChI is InChI=1S/C18H20N2O/c19-20-18(15-11-14(15)12-6-2-1-3-7-12)17-10-13-8-4-5-9-16(13)21-17/h1-9,14-15,17-18,20H,10-11,19H2. The van der Waals surface area contributed by atoms with Crippen LogP contribution in [0.15, 0.2) is 54.6 Å². The van der Waals surface area contributed by atoms with Gasteiger partial charge in [0.1, 0.15) is 11.9 Å². The highest BCUT2D eigenvalue weighted by molar-refractivity contribution is 5.38. The zero-order valence-corrected chi connectivity index (χ0v) is 11.9. The maximum atomic E-state index is 6.10. The Morgan fingerprint density at radius 2 is 1.81 bits per heavy atom. The van der Waals surface area contributed by atoms with Crippen LogP contribution >= 0.6 is 0 Å². The summed E-state index contributed by atoms with van der Waals surface area (Å²) in [6.07, 6.45) is 2.28. The third kappa shape index (κ3) is 2.33. The van der Waals surface area contributed by atoms with Gasteiger partial charge in [0.25, 0.3) is 0 Å². The van der Waals surface area contributed by atoms with Crippen LogP contribution in [0.4, 0.5) is 0 Å². The van der Waals surface area contributed by atoms with Gasteiger partial charge in [0, 0.05) is 6.42 Å². The fourth-order valence-corrected chi connectivity index (χ4v) is 3.61. The van der Waals surface area contributed by atoms with Gasteiger partial charge in [0.05, 0.1) is 6.04 Å². The van der Waals surface area contributed by atoms with Crippen LogP contribution in [0.3, 0.4) is 0 Å². The third-order valence-electron chi connectivity index (χ3n) is 4.79. The molecule has 1 aliphatic carbocycles. The second-order valence-electron chi connectivity index (χ2n) is 6.08. The molecule has 2 aromatic carbocycles. The quantitative estimate of drug-likeness (QED) is 0.668. The Balaban J connectivity index is 1.48. The molecule has 3 nitrogen and oxygen atoms in total. The first kappa shape index (κ1) is 12.9. The van der Waals surface area contributed by atoms with Crippen molar-refractivity contribution in [2.75, 3.05) is 0 Å². The molecule has 2 aliphatic rings. The van der Waals surface area contributed by atoms with Gasteiger partial charge in [-0.1, -0.05) is 48.5 Å². The molecule has 1 saturated carbocycles. The van der Waals surface area contributed by atoms with Crippen molar-refractivity contribution in [1.29, 1.82) is 0 Å². The van der Waals surface area contributed by atoms with Gasteiger partial charge in [-0.3, -0.25) is 11.3 Å². The Labute approximate surface area is 125 Å². The first-order valence-corrected chi connectivity index (χ1v) is 7.62. The van der Waals surface area contributed by atoms with Crippen molar-refractivity contribution >= 4 is 0 Å². The topological polar surface area (TPSA) is 47.3 Å². The highest BCUT2D eigenvalue weighted by atomic mass is 16.5. The van der Waals surface area contributed by atoms with Gasteiger partial charge in [-0.05, 0) is 35.4 Å². The molecule has 4 atom stereocenters. The van der Waals surface area contributed by atoms with Crippen molar-refractivity contribution in [1.82, 2.24) is 5.43 Å². The van der Waals surface area contributed by atoms with Crippen molar-refractivity contribution in [3.05, 3.63) is 65.7 Å². The number of para-hydroxylation sites is 1. The van der Waals surface area contributed by atoms with Crippen LogP contribution in [0.25, 0.3) is 0 Å². The van der Waals surface area contributed by atoms with E-state index in [-0.39, 0.29) is 12.1 Å². The highest BCUT2D eigenvalue weighted by Crippen LogP contribution is 2.51. The number of hydrogen-bond acceptors (Lipinski definition) is 3. The summed E-state index contributed by atoms with van der Waals surface area (Å²) in [6, 6.07) is 19.2. The van der Waals surface area contributed by atoms with E-state index in [0.717, 1.165) is 12.2 Å². The summed E-state index contributed by atoms with van der Waals surface area (Å²) in [5, 5.41) is 0. The molecular weight excluding hydrogens is 260 g/mol.